The Kier molecular flexibility index (Phi) is 2.13. The second-order valence-corrected chi connectivity index (χ2v) is 4.54. The Morgan fingerprint density at radius 3 is 2.75 bits per heavy atom. The van der Waals surface area contributed by atoms with E-state index in [9.17, 15) is 5.11 Å². The summed E-state index contributed by atoms with van der Waals surface area (Å²) < 4.78 is 0. The van der Waals surface area contributed by atoms with Crippen molar-refractivity contribution in [3.05, 3.63) is 0 Å². The van der Waals surface area contributed by atoms with Gasteiger partial charge in [0, 0.05) is 12.1 Å². The van der Waals surface area contributed by atoms with Gasteiger partial charge in [0.15, 0.2) is 0 Å². The maximum atomic E-state index is 9.51. The van der Waals surface area contributed by atoms with Crippen LogP contribution in [0.4, 0.5) is 0 Å². The van der Waals surface area contributed by atoms with Crippen LogP contribution in [-0.4, -0.2) is 35.2 Å². The third-order valence-electron chi connectivity index (χ3n) is 3.78. The van der Waals surface area contributed by atoms with Crippen molar-refractivity contribution in [2.75, 3.05) is 7.05 Å². The molecule has 2 rings (SSSR count). The van der Waals surface area contributed by atoms with E-state index in [1.54, 1.807) is 0 Å². The third kappa shape index (κ3) is 1.27. The lowest BCUT2D eigenvalue weighted by Crippen LogP contribution is -2.37. The van der Waals surface area contributed by atoms with Crippen LogP contribution in [-0.2, 0) is 0 Å². The van der Waals surface area contributed by atoms with Crippen LogP contribution in [0.25, 0.3) is 0 Å². The second kappa shape index (κ2) is 3.00. The van der Waals surface area contributed by atoms with Gasteiger partial charge in [-0.1, -0.05) is 0 Å². The van der Waals surface area contributed by atoms with E-state index in [1.165, 1.54) is 12.8 Å². The Bertz CT molecular complexity index is 169. The Labute approximate surface area is 74.6 Å². The van der Waals surface area contributed by atoms with Gasteiger partial charge in [-0.25, -0.2) is 0 Å². The van der Waals surface area contributed by atoms with E-state index >= 15 is 0 Å². The lowest BCUT2D eigenvalue weighted by atomic mass is 9.83. The van der Waals surface area contributed by atoms with E-state index in [0.717, 1.165) is 30.8 Å². The molecule has 0 aromatic heterocycles. The molecule has 2 aliphatic rings. The first-order chi connectivity index (χ1) is 5.68. The number of hydrogen-bond donors (Lipinski definition) is 1. The number of aliphatic hydroxyl groups is 1. The number of rotatable bonds is 0. The molecule has 0 aromatic rings. The van der Waals surface area contributed by atoms with Gasteiger partial charge in [0.25, 0.3) is 0 Å². The molecule has 0 aromatic carbocycles. The van der Waals surface area contributed by atoms with Crippen molar-refractivity contribution in [2.24, 2.45) is 5.92 Å². The minimum atomic E-state index is -0.00931. The first-order valence-electron chi connectivity index (χ1n) is 5.08. The van der Waals surface area contributed by atoms with Gasteiger partial charge in [-0.05, 0) is 45.6 Å². The van der Waals surface area contributed by atoms with E-state index in [4.69, 9.17) is 0 Å². The average Bonchev–Trinajstić information content (AvgIpc) is 2.28. The second-order valence-electron chi connectivity index (χ2n) is 4.54. The minimum Gasteiger partial charge on any atom is -0.393 e. The molecule has 0 spiro atoms. The van der Waals surface area contributed by atoms with Crippen LogP contribution in [0.3, 0.4) is 0 Å². The van der Waals surface area contributed by atoms with Gasteiger partial charge in [-0.15, -0.1) is 0 Å². The number of likely N-dealkylation sites (tertiary alicyclic amines) is 1. The highest BCUT2D eigenvalue weighted by atomic mass is 16.3. The normalized spacial score (nSPS) is 49.2. The molecule has 2 fully saturated rings. The molecule has 0 amide bonds. The lowest BCUT2D eigenvalue weighted by molar-refractivity contribution is 0.0734. The van der Waals surface area contributed by atoms with Crippen LogP contribution in [0.15, 0.2) is 0 Å². The fourth-order valence-electron chi connectivity index (χ4n) is 2.94. The monoisotopic (exact) mass is 169 g/mol. The largest absolute Gasteiger partial charge is 0.393 e. The lowest BCUT2D eigenvalue weighted by Gasteiger charge is -2.32. The summed E-state index contributed by atoms with van der Waals surface area (Å²) in [5, 5.41) is 9.51. The minimum absolute atomic E-state index is 0.00931. The van der Waals surface area contributed by atoms with Gasteiger partial charge in [0.2, 0.25) is 0 Å². The molecule has 2 nitrogen and oxygen atoms in total. The van der Waals surface area contributed by atoms with Crippen molar-refractivity contribution in [1.82, 2.24) is 4.90 Å². The molecule has 12 heavy (non-hydrogen) atoms. The Balaban J connectivity index is 2.04. The fourth-order valence-corrected chi connectivity index (χ4v) is 2.94. The predicted octanol–water partition coefficient (Wildman–Crippen LogP) is 1.24. The zero-order chi connectivity index (χ0) is 8.72. The summed E-state index contributed by atoms with van der Waals surface area (Å²) in [7, 11) is 2.23. The van der Waals surface area contributed by atoms with E-state index in [-0.39, 0.29) is 6.10 Å². The van der Waals surface area contributed by atoms with Gasteiger partial charge in [-0.3, -0.25) is 0 Å². The molecule has 2 heteroatoms. The van der Waals surface area contributed by atoms with Crippen LogP contribution >= 0.6 is 0 Å². The Morgan fingerprint density at radius 2 is 2.00 bits per heavy atom. The summed E-state index contributed by atoms with van der Waals surface area (Å²) in [6, 6.07) is 1.49. The molecule has 1 aliphatic carbocycles. The van der Waals surface area contributed by atoms with Crippen molar-refractivity contribution in [3.63, 3.8) is 0 Å². The smallest absolute Gasteiger partial charge is 0.0544 e. The summed E-state index contributed by atoms with van der Waals surface area (Å²) >= 11 is 0. The molecular formula is C10H19NO. The first kappa shape index (κ1) is 8.52. The van der Waals surface area contributed by atoms with Crippen LogP contribution < -0.4 is 0 Å². The van der Waals surface area contributed by atoms with Gasteiger partial charge in [-0.2, -0.15) is 0 Å². The number of nitrogens with zero attached hydrogens (tertiary/aromatic N) is 1. The van der Waals surface area contributed by atoms with Crippen molar-refractivity contribution >= 4 is 0 Å². The maximum absolute atomic E-state index is 9.51. The van der Waals surface area contributed by atoms with Gasteiger partial charge >= 0.3 is 0 Å². The predicted molar refractivity (Wildman–Crippen MR) is 49.0 cm³/mol. The zero-order valence-electron chi connectivity index (χ0n) is 8.03. The van der Waals surface area contributed by atoms with Crippen LogP contribution in [0.2, 0.25) is 0 Å². The molecule has 1 heterocycles. The molecule has 0 unspecified atom stereocenters. The molecule has 1 saturated heterocycles. The van der Waals surface area contributed by atoms with E-state index < -0.39 is 0 Å². The summed E-state index contributed by atoms with van der Waals surface area (Å²) in [6.45, 7) is 2.30. The molecule has 0 radical (unpaired) electrons. The molecule has 1 saturated carbocycles. The third-order valence-corrected chi connectivity index (χ3v) is 3.78. The average molecular weight is 169 g/mol. The van der Waals surface area contributed by atoms with Crippen LogP contribution in [0.5, 0.6) is 0 Å². The van der Waals surface area contributed by atoms with Crippen molar-refractivity contribution in [3.8, 4) is 0 Å². The molecule has 4 atom stereocenters. The highest BCUT2D eigenvalue weighted by molar-refractivity contribution is 4.94. The maximum Gasteiger partial charge on any atom is 0.0544 e. The Morgan fingerprint density at radius 1 is 1.25 bits per heavy atom. The first-order valence-corrected chi connectivity index (χ1v) is 5.08. The fraction of sp³-hybridized carbons (Fsp3) is 1.00. The summed E-state index contributed by atoms with van der Waals surface area (Å²) in [6.07, 6.45) is 4.53. The van der Waals surface area contributed by atoms with Crippen molar-refractivity contribution in [1.29, 1.82) is 0 Å². The SMILES string of the molecule is C[C@@H]1C[C@@H]2C[C@H](O)CC[C@@H]2N1C. The van der Waals surface area contributed by atoms with Gasteiger partial charge < -0.3 is 10.0 Å². The highest BCUT2D eigenvalue weighted by Crippen LogP contribution is 2.38. The molecule has 1 aliphatic heterocycles. The topological polar surface area (TPSA) is 23.5 Å². The molecule has 1 N–H and O–H groups in total. The van der Waals surface area contributed by atoms with Crippen molar-refractivity contribution in [2.45, 2.75) is 50.8 Å². The summed E-state index contributed by atoms with van der Waals surface area (Å²) in [5.41, 5.74) is 0. The van der Waals surface area contributed by atoms with Gasteiger partial charge in [0.1, 0.15) is 0 Å². The molecular weight excluding hydrogens is 150 g/mol. The quantitative estimate of drug-likeness (QED) is 0.590. The summed E-state index contributed by atoms with van der Waals surface area (Å²) in [4.78, 5) is 2.50. The number of fused-ring (bicyclic) bond motifs is 1. The van der Waals surface area contributed by atoms with Crippen LogP contribution in [0.1, 0.15) is 32.6 Å². The number of aliphatic hydroxyl groups excluding tert-OH is 1. The van der Waals surface area contributed by atoms with E-state index in [1.807, 2.05) is 0 Å². The van der Waals surface area contributed by atoms with E-state index in [2.05, 4.69) is 18.9 Å². The molecule has 70 valence electrons. The van der Waals surface area contributed by atoms with E-state index in [0.29, 0.717) is 0 Å². The zero-order valence-corrected chi connectivity index (χ0v) is 8.03. The summed E-state index contributed by atoms with van der Waals surface area (Å²) in [5.74, 6) is 0.772. The Hall–Kier alpha value is -0.0800. The van der Waals surface area contributed by atoms with Gasteiger partial charge in [0.05, 0.1) is 6.10 Å². The van der Waals surface area contributed by atoms with Crippen LogP contribution in [0, 0.1) is 5.92 Å². The number of hydrogen-bond acceptors (Lipinski definition) is 2. The standard InChI is InChI=1S/C10H19NO/c1-7-5-8-6-9(12)3-4-10(8)11(7)2/h7-10,12H,3-6H2,1-2H3/t7-,8-,9-,10+/m1/s1. The highest BCUT2D eigenvalue weighted by Gasteiger charge is 2.39. The molecule has 0 bridgehead atoms. The van der Waals surface area contributed by atoms with Crippen molar-refractivity contribution < 1.29 is 5.11 Å².